The van der Waals surface area contributed by atoms with Crippen molar-refractivity contribution < 1.29 is 19.0 Å². The molecule has 0 saturated carbocycles. The van der Waals surface area contributed by atoms with Gasteiger partial charge in [0.05, 0.1) is 40.6 Å². The van der Waals surface area contributed by atoms with Gasteiger partial charge in [-0.05, 0) is 80.4 Å². The molecule has 0 fully saturated rings. The number of methoxy groups -OCH3 is 1. The van der Waals surface area contributed by atoms with Gasteiger partial charge in [-0.15, -0.1) is 0 Å². The number of thiazole rings is 1. The summed E-state index contributed by atoms with van der Waals surface area (Å²) in [5.41, 5.74) is 3.48. The Balaban J connectivity index is 1.51. The molecule has 3 aromatic carbocycles. The van der Waals surface area contributed by atoms with Crippen molar-refractivity contribution in [3.8, 4) is 17.6 Å². The molecule has 218 valence electrons. The quantitative estimate of drug-likeness (QED) is 0.235. The largest absolute Gasteiger partial charge is 0.496 e. The van der Waals surface area contributed by atoms with Gasteiger partial charge in [-0.2, -0.15) is 5.26 Å². The minimum Gasteiger partial charge on any atom is -0.496 e. The number of esters is 1. The first kappa shape index (κ1) is 30.0. The molecule has 1 atom stereocenters. The van der Waals surface area contributed by atoms with E-state index >= 15 is 0 Å². The molecule has 1 aliphatic heterocycles. The predicted octanol–water partition coefficient (Wildman–Crippen LogP) is 5.41. The van der Waals surface area contributed by atoms with Crippen LogP contribution in [0.25, 0.3) is 6.08 Å². The van der Waals surface area contributed by atoms with Crippen molar-refractivity contribution in [2.75, 3.05) is 7.11 Å². The maximum absolute atomic E-state index is 14.0. The molecule has 1 aromatic heterocycles. The molecule has 0 saturated heterocycles. The summed E-state index contributed by atoms with van der Waals surface area (Å²) in [7, 11) is 1.55. The number of carbonyl (C=O) groups is 1. The number of nitriles is 1. The Morgan fingerprint density at radius 1 is 1.14 bits per heavy atom. The van der Waals surface area contributed by atoms with E-state index in [2.05, 4.69) is 27.0 Å². The zero-order valence-electron chi connectivity index (χ0n) is 24.0. The first-order valence-electron chi connectivity index (χ1n) is 13.5. The molecule has 43 heavy (non-hydrogen) atoms. The third kappa shape index (κ3) is 6.48. The Hall–Kier alpha value is -4.46. The molecule has 0 bridgehead atoms. The summed E-state index contributed by atoms with van der Waals surface area (Å²) in [6.45, 7) is 5.67. The number of allylic oxidation sites excluding steroid dienone is 1. The maximum Gasteiger partial charge on any atom is 0.338 e. The normalized spacial score (nSPS) is 14.6. The molecule has 0 aliphatic carbocycles. The van der Waals surface area contributed by atoms with Crippen LogP contribution in [-0.2, 0) is 16.1 Å². The van der Waals surface area contributed by atoms with E-state index < -0.39 is 12.0 Å². The molecule has 0 N–H and O–H groups in total. The lowest BCUT2D eigenvalue weighted by atomic mass is 9.95. The number of halogens is 1. The average Bonchev–Trinajstić information content (AvgIpc) is 3.29. The summed E-state index contributed by atoms with van der Waals surface area (Å²) in [4.78, 5) is 32.5. The molecule has 2 heterocycles. The number of fused-ring (bicyclic) bond motifs is 1. The van der Waals surface area contributed by atoms with Gasteiger partial charge in [0.2, 0.25) is 0 Å². The predicted molar refractivity (Wildman–Crippen MR) is 168 cm³/mol. The molecule has 8 nitrogen and oxygen atoms in total. The Morgan fingerprint density at radius 3 is 2.51 bits per heavy atom. The van der Waals surface area contributed by atoms with Crippen LogP contribution in [0.3, 0.4) is 0 Å². The number of hydrogen-bond acceptors (Lipinski definition) is 8. The van der Waals surface area contributed by atoms with E-state index in [-0.39, 0.29) is 17.2 Å². The lowest BCUT2D eigenvalue weighted by Crippen LogP contribution is -2.40. The summed E-state index contributed by atoms with van der Waals surface area (Å²) in [5, 5.41) is 8.97. The second kappa shape index (κ2) is 12.8. The van der Waals surface area contributed by atoms with Crippen molar-refractivity contribution in [2.24, 2.45) is 4.99 Å². The van der Waals surface area contributed by atoms with Crippen molar-refractivity contribution in [2.45, 2.75) is 39.5 Å². The fourth-order valence-electron chi connectivity index (χ4n) is 4.73. The fourth-order valence-corrected chi connectivity index (χ4v) is 6.15. The number of rotatable bonds is 8. The molecular weight excluding hydrogens is 630 g/mol. The van der Waals surface area contributed by atoms with Gasteiger partial charge in [-0.25, -0.2) is 9.79 Å². The van der Waals surface area contributed by atoms with E-state index in [9.17, 15) is 9.59 Å². The Bertz CT molecular complexity index is 1930. The molecule has 1 aliphatic rings. The minimum absolute atomic E-state index is 0.278. The zero-order chi connectivity index (χ0) is 30.7. The lowest BCUT2D eigenvalue weighted by Gasteiger charge is -2.26. The van der Waals surface area contributed by atoms with Crippen LogP contribution in [0.4, 0.5) is 0 Å². The van der Waals surface area contributed by atoms with E-state index in [1.807, 2.05) is 48.5 Å². The second-order valence-electron chi connectivity index (χ2n) is 10.1. The second-order valence-corrected chi connectivity index (χ2v) is 12.0. The highest BCUT2D eigenvalue weighted by Gasteiger charge is 2.35. The van der Waals surface area contributed by atoms with Gasteiger partial charge in [0, 0.05) is 10.0 Å². The summed E-state index contributed by atoms with van der Waals surface area (Å²) in [6.07, 6.45) is 1.45. The average molecular weight is 659 g/mol. The van der Waals surface area contributed by atoms with Gasteiger partial charge in [-0.1, -0.05) is 51.5 Å². The zero-order valence-corrected chi connectivity index (χ0v) is 26.4. The van der Waals surface area contributed by atoms with Crippen molar-refractivity contribution in [1.29, 1.82) is 5.26 Å². The van der Waals surface area contributed by atoms with Crippen LogP contribution in [-0.4, -0.2) is 23.8 Å². The number of hydrogen-bond donors (Lipinski definition) is 0. The van der Waals surface area contributed by atoms with Gasteiger partial charge >= 0.3 is 5.97 Å². The molecule has 0 spiro atoms. The number of nitrogens with zero attached hydrogens (tertiary/aromatic N) is 3. The SMILES string of the molecule is COc1ccc(Br)cc1[C@@H]1C(C(=O)OC(C)C)=C(C)N=c2s/c(=C\c3ccc(OCc4ccc(C#N)cc4)cc3)c(=O)n21. The molecule has 0 unspecified atom stereocenters. The Kier molecular flexibility index (Phi) is 8.94. The van der Waals surface area contributed by atoms with Crippen LogP contribution < -0.4 is 24.4 Å². The summed E-state index contributed by atoms with van der Waals surface area (Å²) < 4.78 is 19.9. The Morgan fingerprint density at radius 2 is 1.86 bits per heavy atom. The third-order valence-corrected chi connectivity index (χ3v) is 8.21. The number of ether oxygens (including phenoxy) is 3. The van der Waals surface area contributed by atoms with Gasteiger partial charge in [0.15, 0.2) is 4.80 Å². The molecule has 10 heteroatoms. The standard InChI is InChI=1S/C33H28BrN3O5S/c1-19(2)42-32(39)29-20(3)36-33-37(30(29)26-16-24(34)11-14-27(26)40-4)31(38)28(43-33)15-21-9-12-25(13-10-21)41-18-23-7-5-22(17-35)6-8-23/h5-16,19,30H,18H2,1-4H3/b28-15-/t30-/m1/s1. The van der Waals surface area contributed by atoms with Gasteiger partial charge in [-0.3, -0.25) is 9.36 Å². The molecule has 5 rings (SSSR count). The van der Waals surface area contributed by atoms with Crippen molar-refractivity contribution >= 4 is 39.3 Å². The smallest absolute Gasteiger partial charge is 0.338 e. The monoisotopic (exact) mass is 657 g/mol. The van der Waals surface area contributed by atoms with Crippen LogP contribution >= 0.6 is 27.3 Å². The molecule has 4 aromatic rings. The van der Waals surface area contributed by atoms with Crippen molar-refractivity contribution in [1.82, 2.24) is 4.57 Å². The summed E-state index contributed by atoms with van der Waals surface area (Å²) >= 11 is 4.78. The summed E-state index contributed by atoms with van der Waals surface area (Å²) in [5.74, 6) is 0.673. The highest BCUT2D eigenvalue weighted by atomic mass is 79.9. The Labute approximate surface area is 260 Å². The topological polar surface area (TPSA) is 103 Å². The number of benzene rings is 3. The van der Waals surface area contributed by atoms with E-state index in [0.29, 0.717) is 44.3 Å². The molecule has 0 radical (unpaired) electrons. The van der Waals surface area contributed by atoms with Crippen molar-refractivity contribution in [3.63, 3.8) is 0 Å². The lowest BCUT2D eigenvalue weighted by molar-refractivity contribution is -0.143. The third-order valence-electron chi connectivity index (χ3n) is 6.74. The van der Waals surface area contributed by atoms with E-state index in [0.717, 1.165) is 15.6 Å². The number of aromatic nitrogens is 1. The van der Waals surface area contributed by atoms with Crippen LogP contribution in [0.1, 0.15) is 49.1 Å². The first-order valence-corrected chi connectivity index (χ1v) is 15.1. The first-order chi connectivity index (χ1) is 20.7. The van der Waals surface area contributed by atoms with Crippen LogP contribution in [0.2, 0.25) is 0 Å². The van der Waals surface area contributed by atoms with Gasteiger partial charge in [0.1, 0.15) is 24.1 Å². The minimum atomic E-state index is -0.796. The van der Waals surface area contributed by atoms with Gasteiger partial charge in [0.25, 0.3) is 5.56 Å². The van der Waals surface area contributed by atoms with E-state index in [1.165, 1.54) is 11.3 Å². The van der Waals surface area contributed by atoms with Crippen LogP contribution in [0.15, 0.2) is 92.3 Å². The number of carbonyl (C=O) groups excluding carboxylic acids is 1. The molecular formula is C33H28BrN3O5S. The summed E-state index contributed by atoms with van der Waals surface area (Å²) in [6, 6.07) is 21.4. The fraction of sp³-hybridized carbons (Fsp3) is 0.212. The van der Waals surface area contributed by atoms with Crippen LogP contribution in [0.5, 0.6) is 11.5 Å². The maximum atomic E-state index is 14.0. The van der Waals surface area contributed by atoms with E-state index in [1.54, 1.807) is 56.7 Å². The van der Waals surface area contributed by atoms with Crippen LogP contribution in [0, 0.1) is 11.3 Å². The highest BCUT2D eigenvalue weighted by molar-refractivity contribution is 9.10. The van der Waals surface area contributed by atoms with Gasteiger partial charge < -0.3 is 14.2 Å². The van der Waals surface area contributed by atoms with E-state index in [4.69, 9.17) is 19.5 Å². The molecule has 0 amide bonds. The highest BCUT2D eigenvalue weighted by Crippen LogP contribution is 2.37. The van der Waals surface area contributed by atoms with Crippen molar-refractivity contribution in [3.05, 3.63) is 124 Å².